The van der Waals surface area contributed by atoms with Gasteiger partial charge in [0, 0.05) is 42.5 Å². The second-order valence-corrected chi connectivity index (χ2v) is 10.2. The van der Waals surface area contributed by atoms with Gasteiger partial charge >= 0.3 is 6.03 Å². The molecule has 0 atom stereocenters. The van der Waals surface area contributed by atoms with E-state index in [4.69, 9.17) is 26.1 Å². The molecular weight excluding hydrogens is 516 g/mol. The van der Waals surface area contributed by atoms with Crippen molar-refractivity contribution in [2.24, 2.45) is 5.92 Å². The van der Waals surface area contributed by atoms with Gasteiger partial charge in [0.2, 0.25) is 0 Å². The number of halogens is 1. The molecule has 6 rings (SSSR count). The molecule has 1 aliphatic heterocycles. The standard InChI is InChI=1S/C29H29ClN6O3/c1-38-26-15-20(7-10-25(26)39-17-19-5-6-19)23-8-9-24-27(34-23)28(32-18-31-24)35-11-13-36(14-12-35)29(37)33-22-4-2-3-21(30)16-22/h2-4,7-10,15-16,18-19H,5-6,11-14,17H2,1H3,(H,33,37). The fourth-order valence-corrected chi connectivity index (χ4v) is 4.84. The molecule has 9 nitrogen and oxygen atoms in total. The largest absolute Gasteiger partial charge is 0.493 e. The Hall–Kier alpha value is -4.11. The molecule has 39 heavy (non-hydrogen) atoms. The number of pyridine rings is 1. The lowest BCUT2D eigenvalue weighted by molar-refractivity contribution is 0.208. The first-order valence-corrected chi connectivity index (χ1v) is 13.4. The van der Waals surface area contributed by atoms with Crippen molar-refractivity contribution in [3.05, 3.63) is 65.9 Å². The van der Waals surface area contributed by atoms with E-state index in [0.717, 1.165) is 40.5 Å². The summed E-state index contributed by atoms with van der Waals surface area (Å²) in [5, 5.41) is 3.50. The third-order valence-electron chi connectivity index (χ3n) is 7.04. The lowest BCUT2D eigenvalue weighted by atomic mass is 10.1. The number of rotatable bonds is 7. The number of hydrogen-bond donors (Lipinski definition) is 1. The third-order valence-corrected chi connectivity index (χ3v) is 7.27. The van der Waals surface area contributed by atoms with Gasteiger partial charge in [0.15, 0.2) is 17.3 Å². The number of hydrogen-bond acceptors (Lipinski definition) is 7. The van der Waals surface area contributed by atoms with Crippen LogP contribution in [0.2, 0.25) is 5.02 Å². The van der Waals surface area contributed by atoms with Crippen molar-refractivity contribution >= 4 is 40.2 Å². The van der Waals surface area contributed by atoms with Crippen molar-refractivity contribution in [3.8, 4) is 22.8 Å². The molecule has 2 aromatic heterocycles. The fraction of sp³-hybridized carbons (Fsp3) is 0.310. The molecule has 0 radical (unpaired) electrons. The Kier molecular flexibility index (Phi) is 7.06. The number of piperazine rings is 1. The Morgan fingerprint density at radius 1 is 1.03 bits per heavy atom. The van der Waals surface area contributed by atoms with Crippen LogP contribution in [0.15, 0.2) is 60.9 Å². The maximum Gasteiger partial charge on any atom is 0.321 e. The van der Waals surface area contributed by atoms with E-state index < -0.39 is 0 Å². The number of amides is 2. The van der Waals surface area contributed by atoms with Crippen LogP contribution < -0.4 is 19.7 Å². The number of anilines is 2. The number of carbonyl (C=O) groups excluding carboxylic acids is 1. The highest BCUT2D eigenvalue weighted by molar-refractivity contribution is 6.30. The molecule has 3 heterocycles. The van der Waals surface area contributed by atoms with Crippen LogP contribution in [0.1, 0.15) is 12.8 Å². The molecule has 2 aromatic carbocycles. The van der Waals surface area contributed by atoms with E-state index in [-0.39, 0.29) is 6.03 Å². The number of carbonyl (C=O) groups is 1. The van der Waals surface area contributed by atoms with Crippen LogP contribution in [0.4, 0.5) is 16.3 Å². The van der Waals surface area contributed by atoms with Crippen molar-refractivity contribution in [2.75, 3.05) is 50.1 Å². The van der Waals surface area contributed by atoms with Crippen molar-refractivity contribution in [1.29, 1.82) is 0 Å². The zero-order valence-electron chi connectivity index (χ0n) is 21.6. The van der Waals surface area contributed by atoms with Gasteiger partial charge in [0.25, 0.3) is 0 Å². The summed E-state index contributed by atoms with van der Waals surface area (Å²) in [5.74, 6) is 2.85. The molecule has 0 unspecified atom stereocenters. The number of benzene rings is 2. The summed E-state index contributed by atoms with van der Waals surface area (Å²) in [6.45, 7) is 3.08. The molecular formula is C29H29ClN6O3. The Morgan fingerprint density at radius 3 is 2.64 bits per heavy atom. The van der Waals surface area contributed by atoms with Gasteiger partial charge in [-0.05, 0) is 67.3 Å². The van der Waals surface area contributed by atoms with Gasteiger partial charge in [-0.25, -0.2) is 19.7 Å². The van der Waals surface area contributed by atoms with Crippen LogP contribution in [0.3, 0.4) is 0 Å². The summed E-state index contributed by atoms with van der Waals surface area (Å²) in [5.41, 5.74) is 3.88. The lowest BCUT2D eigenvalue weighted by Crippen LogP contribution is -2.50. The normalized spacial score (nSPS) is 15.3. The van der Waals surface area contributed by atoms with Crippen LogP contribution in [-0.2, 0) is 0 Å². The molecule has 2 aliphatic rings. The Morgan fingerprint density at radius 2 is 1.87 bits per heavy atom. The highest BCUT2D eigenvalue weighted by Crippen LogP contribution is 2.36. The molecule has 0 bridgehead atoms. The number of urea groups is 1. The van der Waals surface area contributed by atoms with Crippen molar-refractivity contribution < 1.29 is 14.3 Å². The van der Waals surface area contributed by atoms with E-state index >= 15 is 0 Å². The second-order valence-electron chi connectivity index (χ2n) is 9.80. The van der Waals surface area contributed by atoms with Gasteiger partial charge in [0.1, 0.15) is 11.8 Å². The highest BCUT2D eigenvalue weighted by Gasteiger charge is 2.25. The topological polar surface area (TPSA) is 92.7 Å². The summed E-state index contributed by atoms with van der Waals surface area (Å²) in [6.07, 6.45) is 4.03. The number of methoxy groups -OCH3 is 1. The van der Waals surface area contributed by atoms with Gasteiger partial charge in [0.05, 0.1) is 24.9 Å². The molecule has 1 N–H and O–H groups in total. The molecule has 0 spiro atoms. The van der Waals surface area contributed by atoms with E-state index in [2.05, 4.69) is 20.2 Å². The molecule has 1 aliphatic carbocycles. The molecule has 1 saturated carbocycles. The number of aromatic nitrogens is 3. The fourth-order valence-electron chi connectivity index (χ4n) is 4.65. The van der Waals surface area contributed by atoms with Gasteiger partial charge in [-0.1, -0.05) is 17.7 Å². The molecule has 4 aromatic rings. The van der Waals surface area contributed by atoms with E-state index in [1.54, 1.807) is 30.5 Å². The predicted molar refractivity (Wildman–Crippen MR) is 152 cm³/mol. The second kappa shape index (κ2) is 10.9. The molecule has 1 saturated heterocycles. The quantitative estimate of drug-likeness (QED) is 0.328. The zero-order valence-corrected chi connectivity index (χ0v) is 22.4. The minimum Gasteiger partial charge on any atom is -0.493 e. The zero-order chi connectivity index (χ0) is 26.8. The van der Waals surface area contributed by atoms with Crippen LogP contribution in [0.25, 0.3) is 22.3 Å². The van der Waals surface area contributed by atoms with E-state index in [1.165, 1.54) is 12.8 Å². The van der Waals surface area contributed by atoms with Gasteiger partial charge in [-0.3, -0.25) is 0 Å². The number of ether oxygens (including phenoxy) is 2. The van der Waals surface area contributed by atoms with Crippen molar-refractivity contribution in [1.82, 2.24) is 19.9 Å². The first-order chi connectivity index (χ1) is 19.1. The Labute approximate surface area is 231 Å². The smallest absolute Gasteiger partial charge is 0.321 e. The van der Waals surface area contributed by atoms with E-state index in [0.29, 0.717) is 48.6 Å². The van der Waals surface area contributed by atoms with Crippen LogP contribution >= 0.6 is 11.6 Å². The van der Waals surface area contributed by atoms with Crippen LogP contribution in [0.5, 0.6) is 11.5 Å². The minimum atomic E-state index is -0.150. The highest BCUT2D eigenvalue weighted by atomic mass is 35.5. The Balaban J connectivity index is 1.18. The summed E-state index contributed by atoms with van der Waals surface area (Å²) < 4.78 is 11.6. The van der Waals surface area contributed by atoms with Gasteiger partial charge in [-0.2, -0.15) is 0 Å². The van der Waals surface area contributed by atoms with Crippen LogP contribution in [0, 0.1) is 5.92 Å². The number of nitrogens with one attached hydrogen (secondary N) is 1. The average molecular weight is 545 g/mol. The molecule has 10 heteroatoms. The first kappa shape index (κ1) is 25.2. The average Bonchev–Trinajstić information content (AvgIpc) is 3.80. The summed E-state index contributed by atoms with van der Waals surface area (Å²) in [7, 11) is 1.65. The maximum atomic E-state index is 12.8. The molecule has 200 valence electrons. The van der Waals surface area contributed by atoms with E-state index in [9.17, 15) is 4.79 Å². The third kappa shape index (κ3) is 5.68. The Bertz CT molecular complexity index is 1500. The van der Waals surface area contributed by atoms with Crippen molar-refractivity contribution in [2.45, 2.75) is 12.8 Å². The number of nitrogens with zero attached hydrogens (tertiary/aromatic N) is 5. The monoisotopic (exact) mass is 544 g/mol. The SMILES string of the molecule is COc1cc(-c2ccc3ncnc(N4CCN(C(=O)Nc5cccc(Cl)c5)CC4)c3n2)ccc1OCC1CC1. The summed E-state index contributed by atoms with van der Waals surface area (Å²) in [4.78, 5) is 30.7. The number of fused-ring (bicyclic) bond motifs is 1. The van der Waals surface area contributed by atoms with E-state index in [1.807, 2.05) is 42.5 Å². The van der Waals surface area contributed by atoms with Gasteiger partial charge in [-0.15, -0.1) is 0 Å². The lowest BCUT2D eigenvalue weighted by Gasteiger charge is -2.35. The van der Waals surface area contributed by atoms with Gasteiger partial charge < -0.3 is 24.6 Å². The molecule has 2 fully saturated rings. The predicted octanol–water partition coefficient (Wildman–Crippen LogP) is 5.50. The minimum absolute atomic E-state index is 0.150. The molecule has 2 amide bonds. The van der Waals surface area contributed by atoms with Crippen molar-refractivity contribution in [3.63, 3.8) is 0 Å². The maximum absolute atomic E-state index is 12.8. The first-order valence-electron chi connectivity index (χ1n) is 13.1. The summed E-state index contributed by atoms with van der Waals surface area (Å²) in [6, 6.07) is 16.8. The van der Waals surface area contributed by atoms with Crippen LogP contribution in [-0.4, -0.2) is 65.8 Å². The summed E-state index contributed by atoms with van der Waals surface area (Å²) >= 11 is 6.04.